The van der Waals surface area contributed by atoms with Gasteiger partial charge in [-0.2, -0.15) is 0 Å². The Balaban J connectivity index is 3.31. The number of hydrogen-bond donors (Lipinski definition) is 1. The predicted molar refractivity (Wildman–Crippen MR) is 37.4 cm³/mol. The maximum absolute atomic E-state index is 12.3. The lowest BCUT2D eigenvalue weighted by atomic mass is 10.3. The maximum Gasteiger partial charge on any atom is 0.187 e. The summed E-state index contributed by atoms with van der Waals surface area (Å²) in [4.78, 5) is 0. The van der Waals surface area contributed by atoms with Crippen LogP contribution in [-0.4, -0.2) is 5.11 Å². The number of rotatable bonds is 0. The Kier molecular flexibility index (Phi) is 1.86. The quantitative estimate of drug-likeness (QED) is 0.567. The highest BCUT2D eigenvalue weighted by molar-refractivity contribution is 7.27. The largest absolute Gasteiger partial charge is 0.503 e. The lowest BCUT2D eigenvalue weighted by molar-refractivity contribution is 0.397. The molecule has 0 spiro atoms. The van der Waals surface area contributed by atoms with Crippen LogP contribution in [0, 0.1) is 11.6 Å². The fourth-order valence-corrected chi connectivity index (χ4v) is 0.878. The number of phenols is 1. The summed E-state index contributed by atoms with van der Waals surface area (Å²) < 4.78 is 24.7. The highest BCUT2D eigenvalue weighted by Crippen LogP contribution is 2.17. The Morgan fingerprint density at radius 1 is 1.20 bits per heavy atom. The zero-order chi connectivity index (χ0) is 7.72. The molecule has 1 aromatic rings. The van der Waals surface area contributed by atoms with Gasteiger partial charge in [-0.25, -0.2) is 8.78 Å². The van der Waals surface area contributed by atoms with E-state index in [-0.39, 0.29) is 0 Å². The molecule has 0 aliphatic carbocycles. The second-order valence-electron chi connectivity index (χ2n) is 1.83. The molecule has 0 heterocycles. The minimum absolute atomic E-state index is 0.368. The topological polar surface area (TPSA) is 20.2 Å². The SMILES string of the molecule is Oc1c(F)cc(P)cc1F. The van der Waals surface area contributed by atoms with Crippen LogP contribution in [0.3, 0.4) is 0 Å². The number of aromatic hydroxyl groups is 1. The normalized spacial score (nSPS) is 9.90. The third-order valence-corrected chi connectivity index (χ3v) is 1.37. The van der Waals surface area contributed by atoms with Gasteiger partial charge in [0.2, 0.25) is 0 Å². The van der Waals surface area contributed by atoms with Crippen molar-refractivity contribution in [3.05, 3.63) is 23.8 Å². The van der Waals surface area contributed by atoms with Crippen LogP contribution in [-0.2, 0) is 0 Å². The second-order valence-corrected chi connectivity index (χ2v) is 2.50. The molecule has 0 radical (unpaired) electrons. The van der Waals surface area contributed by atoms with Gasteiger partial charge in [-0.3, -0.25) is 0 Å². The van der Waals surface area contributed by atoms with Gasteiger partial charge in [-0.1, -0.05) is 0 Å². The molecule has 4 heteroatoms. The van der Waals surface area contributed by atoms with Gasteiger partial charge in [-0.05, 0) is 17.4 Å². The van der Waals surface area contributed by atoms with E-state index in [0.29, 0.717) is 5.30 Å². The van der Waals surface area contributed by atoms with Crippen LogP contribution < -0.4 is 5.30 Å². The minimum atomic E-state index is -0.940. The summed E-state index contributed by atoms with van der Waals surface area (Å²) in [6, 6.07) is 2.06. The van der Waals surface area contributed by atoms with Crippen molar-refractivity contribution in [2.75, 3.05) is 0 Å². The highest BCUT2D eigenvalue weighted by Gasteiger charge is 2.06. The lowest BCUT2D eigenvalue weighted by Crippen LogP contribution is -1.94. The third kappa shape index (κ3) is 1.24. The average Bonchev–Trinajstić information content (AvgIpc) is 1.82. The Morgan fingerprint density at radius 2 is 1.60 bits per heavy atom. The van der Waals surface area contributed by atoms with E-state index >= 15 is 0 Å². The van der Waals surface area contributed by atoms with Crippen LogP contribution in [0.2, 0.25) is 0 Å². The van der Waals surface area contributed by atoms with Crippen molar-refractivity contribution in [2.45, 2.75) is 0 Å². The first-order chi connectivity index (χ1) is 4.61. The van der Waals surface area contributed by atoms with Gasteiger partial charge in [0.05, 0.1) is 0 Å². The molecule has 54 valence electrons. The summed E-state index contributed by atoms with van der Waals surface area (Å²) in [7, 11) is 2.13. The van der Waals surface area contributed by atoms with E-state index in [4.69, 9.17) is 5.11 Å². The molecule has 0 aromatic heterocycles. The molecule has 0 fully saturated rings. The van der Waals surface area contributed by atoms with Crippen molar-refractivity contribution in [2.24, 2.45) is 0 Å². The molecule has 0 bridgehead atoms. The molecule has 0 saturated heterocycles. The summed E-state index contributed by atoms with van der Waals surface area (Å²) in [5, 5.41) is 8.94. The van der Waals surface area contributed by atoms with Crippen LogP contribution >= 0.6 is 9.24 Å². The summed E-state index contributed by atoms with van der Waals surface area (Å²) in [5.74, 6) is -2.80. The van der Waals surface area contributed by atoms with Gasteiger partial charge >= 0.3 is 0 Å². The molecular weight excluding hydrogens is 157 g/mol. The van der Waals surface area contributed by atoms with Crippen molar-refractivity contribution >= 4 is 14.5 Å². The summed E-state index contributed by atoms with van der Waals surface area (Å²) in [5.41, 5.74) is 0. The minimum Gasteiger partial charge on any atom is -0.503 e. The van der Waals surface area contributed by atoms with Crippen molar-refractivity contribution < 1.29 is 13.9 Å². The van der Waals surface area contributed by atoms with E-state index in [1.165, 1.54) is 0 Å². The van der Waals surface area contributed by atoms with Gasteiger partial charge < -0.3 is 5.11 Å². The van der Waals surface area contributed by atoms with E-state index in [1.807, 2.05) is 0 Å². The number of halogens is 2. The van der Waals surface area contributed by atoms with Gasteiger partial charge in [0.1, 0.15) is 0 Å². The van der Waals surface area contributed by atoms with E-state index in [0.717, 1.165) is 12.1 Å². The van der Waals surface area contributed by atoms with Crippen LogP contribution in [0.1, 0.15) is 0 Å². The second kappa shape index (κ2) is 2.51. The van der Waals surface area contributed by atoms with E-state index in [2.05, 4.69) is 9.24 Å². The van der Waals surface area contributed by atoms with Crippen LogP contribution in [0.5, 0.6) is 5.75 Å². The molecule has 1 rings (SSSR count). The molecule has 1 unspecified atom stereocenters. The molecule has 0 amide bonds. The fourth-order valence-electron chi connectivity index (χ4n) is 0.585. The van der Waals surface area contributed by atoms with Gasteiger partial charge in [-0.15, -0.1) is 9.24 Å². The zero-order valence-electron chi connectivity index (χ0n) is 4.94. The molecule has 1 atom stereocenters. The molecule has 0 aliphatic heterocycles. The first kappa shape index (κ1) is 7.42. The van der Waals surface area contributed by atoms with Crippen molar-refractivity contribution in [3.8, 4) is 5.75 Å². The number of phenolic OH excluding ortho intramolecular Hbond substituents is 1. The van der Waals surface area contributed by atoms with Crippen LogP contribution in [0.4, 0.5) is 8.78 Å². The predicted octanol–water partition coefficient (Wildman–Crippen LogP) is 1.17. The Labute approximate surface area is 58.9 Å². The van der Waals surface area contributed by atoms with Gasteiger partial charge in [0, 0.05) is 0 Å². The summed E-state index contributed by atoms with van der Waals surface area (Å²) >= 11 is 0. The summed E-state index contributed by atoms with van der Waals surface area (Å²) in [6.45, 7) is 0. The zero-order valence-corrected chi connectivity index (χ0v) is 6.09. The average molecular weight is 162 g/mol. The Bertz CT molecular complexity index is 239. The monoisotopic (exact) mass is 162 g/mol. The van der Waals surface area contributed by atoms with Gasteiger partial charge in [0.15, 0.2) is 17.4 Å². The van der Waals surface area contributed by atoms with Crippen LogP contribution in [0.25, 0.3) is 0 Å². The fraction of sp³-hybridized carbons (Fsp3) is 0. The molecule has 1 N–H and O–H groups in total. The van der Waals surface area contributed by atoms with Crippen molar-refractivity contribution in [1.29, 1.82) is 0 Å². The van der Waals surface area contributed by atoms with E-state index in [9.17, 15) is 8.78 Å². The van der Waals surface area contributed by atoms with Gasteiger partial charge in [0.25, 0.3) is 0 Å². The lowest BCUT2D eigenvalue weighted by Gasteiger charge is -1.97. The third-order valence-electron chi connectivity index (χ3n) is 1.04. The molecular formula is C6H5F2OP. The summed E-state index contributed by atoms with van der Waals surface area (Å²) in [6.07, 6.45) is 0. The van der Waals surface area contributed by atoms with Crippen molar-refractivity contribution in [1.82, 2.24) is 0 Å². The smallest absolute Gasteiger partial charge is 0.187 e. The molecule has 0 saturated carbocycles. The van der Waals surface area contributed by atoms with Crippen molar-refractivity contribution in [3.63, 3.8) is 0 Å². The Morgan fingerprint density at radius 3 is 2.00 bits per heavy atom. The molecule has 1 aromatic carbocycles. The first-order valence-electron chi connectivity index (χ1n) is 2.54. The van der Waals surface area contributed by atoms with E-state index in [1.54, 1.807) is 0 Å². The Hall–Kier alpha value is -0.690. The number of benzene rings is 1. The van der Waals surface area contributed by atoms with Crippen LogP contribution in [0.15, 0.2) is 12.1 Å². The first-order valence-corrected chi connectivity index (χ1v) is 3.12. The number of hydrogen-bond acceptors (Lipinski definition) is 1. The standard InChI is InChI=1S/C6H5F2OP/c7-4-1-3(10)2-5(8)6(4)9/h1-2,9H,10H2. The highest BCUT2D eigenvalue weighted by atomic mass is 31.0. The van der Waals surface area contributed by atoms with E-state index < -0.39 is 17.4 Å². The molecule has 10 heavy (non-hydrogen) atoms. The molecule has 0 aliphatic rings. The maximum atomic E-state index is 12.3. The molecule has 1 nitrogen and oxygen atoms in total.